The van der Waals surface area contributed by atoms with Crippen LogP contribution in [0.1, 0.15) is 195 Å². The molecule has 0 aliphatic heterocycles. The number of carbonyl (C=O) groups is 1. The highest BCUT2D eigenvalue weighted by Gasteiger charge is 2.20. The van der Waals surface area contributed by atoms with E-state index in [2.05, 4.69) is 34.6 Å². The van der Waals surface area contributed by atoms with Gasteiger partial charge < -0.3 is 20.4 Å². The first kappa shape index (κ1) is 42.5. The molecule has 45 heavy (non-hydrogen) atoms. The van der Waals surface area contributed by atoms with Crippen molar-refractivity contribution in [1.82, 2.24) is 0 Å². The second-order valence-electron chi connectivity index (χ2n) is 15.3. The SMILES string of the molecule is CCC1CCCC(=O)C1.CC[C@@H]1CCC[C@@H](O)C1.CC[C@@H]1CCC[C@H](O)C1.CC[C@H]1CCC[C@@H](O)C1.CC[C@H]1CCC[C@H](O)C1. The Hall–Kier alpha value is -0.490. The van der Waals surface area contributed by atoms with E-state index in [4.69, 9.17) is 0 Å². The molecule has 5 saturated carbocycles. The van der Waals surface area contributed by atoms with Crippen LogP contribution in [0.15, 0.2) is 0 Å². The number of ketones is 1. The van der Waals surface area contributed by atoms with Gasteiger partial charge in [0, 0.05) is 12.8 Å². The molecule has 0 aromatic carbocycles. The lowest BCUT2D eigenvalue weighted by Crippen LogP contribution is -2.18. The van der Waals surface area contributed by atoms with Crippen LogP contribution in [0.2, 0.25) is 0 Å². The van der Waals surface area contributed by atoms with Crippen molar-refractivity contribution in [3.8, 4) is 0 Å². The highest BCUT2D eigenvalue weighted by molar-refractivity contribution is 5.79. The van der Waals surface area contributed by atoms with Gasteiger partial charge in [0.25, 0.3) is 0 Å². The van der Waals surface area contributed by atoms with Crippen LogP contribution in [0.25, 0.3) is 0 Å². The molecule has 0 aromatic rings. The third kappa shape index (κ3) is 21.2. The summed E-state index contributed by atoms with van der Waals surface area (Å²) in [6.07, 6.45) is 29.0. The molecule has 0 aromatic heterocycles. The van der Waals surface area contributed by atoms with E-state index in [1.807, 2.05) is 0 Å². The second-order valence-corrected chi connectivity index (χ2v) is 15.3. The van der Waals surface area contributed by atoms with Crippen molar-refractivity contribution in [2.75, 3.05) is 0 Å². The molecule has 5 aliphatic carbocycles. The third-order valence-electron chi connectivity index (χ3n) is 11.5. The molecule has 5 rings (SSSR count). The van der Waals surface area contributed by atoms with Gasteiger partial charge in [-0.05, 0) is 93.8 Å². The maximum atomic E-state index is 10.8. The summed E-state index contributed by atoms with van der Waals surface area (Å²) in [4.78, 5) is 10.8. The number of hydrogen-bond donors (Lipinski definition) is 4. The summed E-state index contributed by atoms with van der Waals surface area (Å²) in [6, 6.07) is 0. The summed E-state index contributed by atoms with van der Waals surface area (Å²) in [5.41, 5.74) is 0. The van der Waals surface area contributed by atoms with E-state index in [0.717, 1.165) is 94.3 Å². The first-order chi connectivity index (χ1) is 21.6. The van der Waals surface area contributed by atoms with E-state index in [-0.39, 0.29) is 24.4 Å². The molecule has 5 nitrogen and oxygen atoms in total. The van der Waals surface area contributed by atoms with Gasteiger partial charge in [0.2, 0.25) is 0 Å². The number of Topliss-reactive ketones (excluding diaryl/α,β-unsaturated/α-hetero) is 1. The molecule has 0 spiro atoms. The number of rotatable bonds is 5. The van der Waals surface area contributed by atoms with Crippen LogP contribution in [-0.2, 0) is 4.79 Å². The lowest BCUT2D eigenvalue weighted by Gasteiger charge is -2.24. The van der Waals surface area contributed by atoms with Crippen LogP contribution >= 0.6 is 0 Å². The molecule has 268 valence electrons. The molecule has 0 heterocycles. The second kappa shape index (κ2) is 26.5. The lowest BCUT2D eigenvalue weighted by atomic mass is 9.86. The zero-order valence-corrected chi connectivity index (χ0v) is 30.6. The van der Waals surface area contributed by atoms with Crippen LogP contribution in [0, 0.1) is 29.6 Å². The molecule has 9 atom stereocenters. The third-order valence-corrected chi connectivity index (χ3v) is 11.5. The fourth-order valence-electron chi connectivity index (χ4n) is 8.00. The minimum absolute atomic E-state index is 0.0173. The smallest absolute Gasteiger partial charge is 0.133 e. The summed E-state index contributed by atoms with van der Waals surface area (Å²) >= 11 is 0. The normalized spacial score (nSPS) is 35.0. The van der Waals surface area contributed by atoms with Gasteiger partial charge in [-0.25, -0.2) is 0 Å². The summed E-state index contributed by atoms with van der Waals surface area (Å²) < 4.78 is 0. The van der Waals surface area contributed by atoms with Crippen LogP contribution in [0.3, 0.4) is 0 Å². The van der Waals surface area contributed by atoms with Gasteiger partial charge in [0.15, 0.2) is 0 Å². The summed E-state index contributed by atoms with van der Waals surface area (Å²) in [5, 5.41) is 36.8. The first-order valence-corrected chi connectivity index (χ1v) is 19.9. The molecule has 0 saturated heterocycles. The van der Waals surface area contributed by atoms with Crippen molar-refractivity contribution in [3.63, 3.8) is 0 Å². The number of hydrogen-bond acceptors (Lipinski definition) is 5. The average molecular weight is 639 g/mol. The van der Waals surface area contributed by atoms with E-state index in [9.17, 15) is 25.2 Å². The molecule has 0 bridgehead atoms. The summed E-state index contributed by atoms with van der Waals surface area (Å²) in [6.45, 7) is 11.0. The average Bonchev–Trinajstić information content (AvgIpc) is 3.06. The van der Waals surface area contributed by atoms with Gasteiger partial charge >= 0.3 is 0 Å². The fraction of sp³-hybridized carbons (Fsp3) is 0.975. The Balaban J connectivity index is 0.000000281. The van der Waals surface area contributed by atoms with E-state index in [1.165, 1.54) is 89.9 Å². The van der Waals surface area contributed by atoms with Crippen molar-refractivity contribution in [2.45, 2.75) is 220 Å². The standard InChI is InChI=1S/4C8H16O.C8H14O/c5*1-2-7-4-3-5-8(9)6-7/h4*7-9H,2-6H2,1H3;7H,2-6H2,1H3/t2*7-,8+;2*7-,8-;/m1010./s1. The lowest BCUT2D eigenvalue weighted by molar-refractivity contribution is -0.121. The predicted molar refractivity (Wildman–Crippen MR) is 190 cm³/mol. The van der Waals surface area contributed by atoms with Crippen molar-refractivity contribution in [3.05, 3.63) is 0 Å². The predicted octanol–water partition coefficient (Wildman–Crippen LogP) is 9.95. The van der Waals surface area contributed by atoms with Crippen LogP contribution in [-0.4, -0.2) is 50.6 Å². The maximum absolute atomic E-state index is 10.8. The highest BCUT2D eigenvalue weighted by Crippen LogP contribution is 2.28. The van der Waals surface area contributed by atoms with Crippen molar-refractivity contribution in [2.24, 2.45) is 29.6 Å². The monoisotopic (exact) mass is 639 g/mol. The Morgan fingerprint density at radius 3 is 0.867 bits per heavy atom. The molecular weight excluding hydrogens is 560 g/mol. The number of aliphatic hydroxyl groups is 4. The van der Waals surface area contributed by atoms with Gasteiger partial charge in [-0.3, -0.25) is 4.79 Å². The highest BCUT2D eigenvalue weighted by atomic mass is 16.3. The van der Waals surface area contributed by atoms with Crippen LogP contribution < -0.4 is 0 Å². The van der Waals surface area contributed by atoms with Crippen LogP contribution in [0.4, 0.5) is 0 Å². The Morgan fingerprint density at radius 1 is 0.422 bits per heavy atom. The number of aliphatic hydroxyl groups excluding tert-OH is 4. The minimum atomic E-state index is 0.0173. The van der Waals surface area contributed by atoms with Gasteiger partial charge in [-0.1, -0.05) is 118 Å². The van der Waals surface area contributed by atoms with Crippen molar-refractivity contribution in [1.29, 1.82) is 0 Å². The molecular formula is C40H78O5. The van der Waals surface area contributed by atoms with E-state index >= 15 is 0 Å². The van der Waals surface area contributed by atoms with Gasteiger partial charge in [0.1, 0.15) is 5.78 Å². The molecule has 5 heteroatoms. The Bertz CT molecular complexity index is 610. The zero-order valence-electron chi connectivity index (χ0n) is 30.6. The van der Waals surface area contributed by atoms with E-state index in [0.29, 0.717) is 11.7 Å². The molecule has 1 unspecified atom stereocenters. The summed E-state index contributed by atoms with van der Waals surface area (Å²) in [5.74, 6) is 4.45. The molecule has 5 aliphatic rings. The molecule has 4 N–H and O–H groups in total. The van der Waals surface area contributed by atoms with Gasteiger partial charge in [-0.15, -0.1) is 0 Å². The fourth-order valence-corrected chi connectivity index (χ4v) is 8.00. The van der Waals surface area contributed by atoms with Gasteiger partial charge in [-0.2, -0.15) is 0 Å². The van der Waals surface area contributed by atoms with Crippen molar-refractivity contribution < 1.29 is 25.2 Å². The van der Waals surface area contributed by atoms with Gasteiger partial charge in [0.05, 0.1) is 24.4 Å². The quantitative estimate of drug-likeness (QED) is 0.240. The van der Waals surface area contributed by atoms with E-state index < -0.39 is 0 Å². The molecule has 0 radical (unpaired) electrons. The van der Waals surface area contributed by atoms with E-state index in [1.54, 1.807) is 0 Å². The largest absolute Gasteiger partial charge is 0.393 e. The van der Waals surface area contributed by atoms with Crippen molar-refractivity contribution >= 4 is 5.78 Å². The Kier molecular flexibility index (Phi) is 25.0. The maximum Gasteiger partial charge on any atom is 0.133 e. The topological polar surface area (TPSA) is 98.0 Å². The van der Waals surface area contributed by atoms with Crippen LogP contribution in [0.5, 0.6) is 0 Å². The summed E-state index contributed by atoms with van der Waals surface area (Å²) in [7, 11) is 0. The molecule has 5 fully saturated rings. The first-order valence-electron chi connectivity index (χ1n) is 19.9. The zero-order chi connectivity index (χ0) is 33.5. The Morgan fingerprint density at radius 2 is 0.689 bits per heavy atom. The number of carbonyl (C=O) groups excluding carboxylic acids is 1. The Labute approximate surface area is 279 Å². The minimum Gasteiger partial charge on any atom is -0.393 e. The molecule has 0 amide bonds.